The van der Waals surface area contributed by atoms with E-state index in [-0.39, 0.29) is 0 Å². The molecule has 0 fully saturated rings. The van der Waals surface area contributed by atoms with E-state index in [4.69, 9.17) is 0 Å². The normalized spacial score (nSPS) is 20.1. The van der Waals surface area contributed by atoms with Gasteiger partial charge in [-0.3, -0.25) is 4.79 Å². The number of carbonyl (C=O) groups is 1. The Morgan fingerprint density at radius 3 is 2.74 bits per heavy atom. The Kier molecular flexibility index (Phi) is 5.16. The molecule has 0 aromatic heterocycles. The van der Waals surface area contributed by atoms with E-state index in [1.807, 2.05) is 30.3 Å². The van der Waals surface area contributed by atoms with E-state index in [1.54, 1.807) is 0 Å². The lowest BCUT2D eigenvalue weighted by molar-refractivity contribution is -0.139. The first-order chi connectivity index (χ1) is 9.25. The summed E-state index contributed by atoms with van der Waals surface area (Å²) in [5, 5.41) is 12.5. The molecule has 1 aliphatic carbocycles. The summed E-state index contributed by atoms with van der Waals surface area (Å²) in [6.07, 6.45) is 8.27. The maximum atomic E-state index is 11.3. The molecule has 102 valence electrons. The van der Waals surface area contributed by atoms with Crippen LogP contribution in [0.5, 0.6) is 0 Å². The number of rotatable bonds is 6. The molecule has 3 nitrogen and oxygen atoms in total. The van der Waals surface area contributed by atoms with Crippen molar-refractivity contribution in [1.29, 1.82) is 0 Å². The van der Waals surface area contributed by atoms with E-state index < -0.39 is 12.0 Å². The van der Waals surface area contributed by atoms with Crippen LogP contribution in [0.3, 0.4) is 0 Å². The molecule has 0 spiro atoms. The Bertz CT molecular complexity index is 428. The lowest BCUT2D eigenvalue weighted by Crippen LogP contribution is -2.41. The van der Waals surface area contributed by atoms with Crippen molar-refractivity contribution in [2.24, 2.45) is 5.92 Å². The molecule has 0 aliphatic heterocycles. The number of allylic oxidation sites excluding steroid dienone is 2. The highest BCUT2D eigenvalue weighted by Crippen LogP contribution is 2.17. The number of aliphatic carboxylic acids is 1. The molecular weight excluding hydrogens is 238 g/mol. The van der Waals surface area contributed by atoms with Gasteiger partial charge in [0, 0.05) is 0 Å². The highest BCUT2D eigenvalue weighted by Gasteiger charge is 2.19. The third-order valence-electron chi connectivity index (χ3n) is 3.61. The van der Waals surface area contributed by atoms with Gasteiger partial charge in [-0.05, 0) is 43.7 Å². The van der Waals surface area contributed by atoms with Crippen molar-refractivity contribution in [3.05, 3.63) is 48.0 Å². The van der Waals surface area contributed by atoms with Crippen molar-refractivity contribution in [3.63, 3.8) is 0 Å². The summed E-state index contributed by atoms with van der Waals surface area (Å²) in [6.45, 7) is 0.786. The predicted molar refractivity (Wildman–Crippen MR) is 76.1 cm³/mol. The van der Waals surface area contributed by atoms with Crippen molar-refractivity contribution in [1.82, 2.24) is 5.32 Å². The fourth-order valence-electron chi connectivity index (χ4n) is 2.45. The Labute approximate surface area is 114 Å². The number of hydrogen-bond donors (Lipinski definition) is 2. The smallest absolute Gasteiger partial charge is 0.321 e. The molecule has 1 aromatic carbocycles. The topological polar surface area (TPSA) is 49.3 Å². The maximum Gasteiger partial charge on any atom is 0.321 e. The molecule has 1 aromatic rings. The summed E-state index contributed by atoms with van der Waals surface area (Å²) in [4.78, 5) is 11.3. The van der Waals surface area contributed by atoms with Crippen LogP contribution in [0.4, 0.5) is 0 Å². The summed E-state index contributed by atoms with van der Waals surface area (Å²) < 4.78 is 0. The number of benzene rings is 1. The fraction of sp³-hybridized carbons (Fsp3) is 0.438. The SMILES string of the molecule is O=C(O)[C@H](Cc1ccccc1)NCC1CC=CCC1. The lowest BCUT2D eigenvalue weighted by Gasteiger charge is -2.21. The number of nitrogens with one attached hydrogen (secondary N) is 1. The summed E-state index contributed by atoms with van der Waals surface area (Å²) in [6, 6.07) is 9.29. The summed E-state index contributed by atoms with van der Waals surface area (Å²) >= 11 is 0. The highest BCUT2D eigenvalue weighted by atomic mass is 16.4. The molecule has 1 aliphatic rings. The van der Waals surface area contributed by atoms with Crippen molar-refractivity contribution < 1.29 is 9.90 Å². The minimum Gasteiger partial charge on any atom is -0.480 e. The van der Waals surface area contributed by atoms with Gasteiger partial charge in [-0.1, -0.05) is 42.5 Å². The number of carboxylic acids is 1. The van der Waals surface area contributed by atoms with Crippen LogP contribution in [0.1, 0.15) is 24.8 Å². The highest BCUT2D eigenvalue weighted by molar-refractivity contribution is 5.73. The standard InChI is InChI=1S/C16H21NO2/c18-16(19)15(11-13-7-3-1-4-8-13)17-12-14-9-5-2-6-10-14/h1-5,7-8,14-15,17H,6,9-12H2,(H,18,19)/t14?,15-/m0/s1. The van der Waals surface area contributed by atoms with Crippen LogP contribution in [0.2, 0.25) is 0 Å². The minimum atomic E-state index is -0.768. The summed E-state index contributed by atoms with van der Waals surface area (Å²) in [7, 11) is 0. The molecule has 0 saturated heterocycles. The van der Waals surface area contributed by atoms with Gasteiger partial charge >= 0.3 is 5.97 Å². The van der Waals surface area contributed by atoms with Crippen LogP contribution in [0, 0.1) is 5.92 Å². The van der Waals surface area contributed by atoms with Crippen LogP contribution in [0.15, 0.2) is 42.5 Å². The molecular formula is C16H21NO2. The summed E-state index contributed by atoms with van der Waals surface area (Å²) in [5.74, 6) is -0.196. The van der Waals surface area contributed by atoms with Gasteiger partial charge < -0.3 is 10.4 Å². The molecule has 2 atom stereocenters. The van der Waals surface area contributed by atoms with Gasteiger partial charge in [-0.15, -0.1) is 0 Å². The van der Waals surface area contributed by atoms with Crippen molar-refractivity contribution in [3.8, 4) is 0 Å². The van der Waals surface area contributed by atoms with Gasteiger partial charge in [-0.2, -0.15) is 0 Å². The number of hydrogen-bond acceptors (Lipinski definition) is 2. The Morgan fingerprint density at radius 1 is 1.32 bits per heavy atom. The van der Waals surface area contributed by atoms with Gasteiger partial charge in [0.05, 0.1) is 0 Å². The monoisotopic (exact) mass is 259 g/mol. The second-order valence-corrected chi connectivity index (χ2v) is 5.14. The molecule has 3 heteroatoms. The van der Waals surface area contributed by atoms with E-state index in [2.05, 4.69) is 17.5 Å². The van der Waals surface area contributed by atoms with Crippen molar-refractivity contribution in [2.45, 2.75) is 31.7 Å². The van der Waals surface area contributed by atoms with Crippen LogP contribution >= 0.6 is 0 Å². The Balaban J connectivity index is 1.86. The van der Waals surface area contributed by atoms with Gasteiger partial charge in [0.1, 0.15) is 6.04 Å². The van der Waals surface area contributed by atoms with E-state index in [0.29, 0.717) is 12.3 Å². The second kappa shape index (κ2) is 7.10. The zero-order chi connectivity index (χ0) is 13.5. The molecule has 0 bridgehead atoms. The van der Waals surface area contributed by atoms with Crippen LogP contribution in [-0.4, -0.2) is 23.7 Å². The van der Waals surface area contributed by atoms with E-state index in [9.17, 15) is 9.90 Å². The Morgan fingerprint density at radius 2 is 2.11 bits per heavy atom. The molecule has 0 heterocycles. The second-order valence-electron chi connectivity index (χ2n) is 5.14. The first-order valence-electron chi connectivity index (χ1n) is 6.91. The molecule has 2 N–H and O–H groups in total. The largest absolute Gasteiger partial charge is 0.480 e. The van der Waals surface area contributed by atoms with E-state index in [0.717, 1.165) is 31.4 Å². The van der Waals surface area contributed by atoms with E-state index >= 15 is 0 Å². The van der Waals surface area contributed by atoms with Crippen molar-refractivity contribution in [2.75, 3.05) is 6.54 Å². The summed E-state index contributed by atoms with van der Waals surface area (Å²) in [5.41, 5.74) is 1.06. The molecule has 0 radical (unpaired) electrons. The quantitative estimate of drug-likeness (QED) is 0.772. The minimum absolute atomic E-state index is 0.492. The molecule has 19 heavy (non-hydrogen) atoms. The lowest BCUT2D eigenvalue weighted by atomic mass is 9.94. The number of carboxylic acid groups (broad SMARTS) is 1. The van der Waals surface area contributed by atoms with Crippen LogP contribution in [0.25, 0.3) is 0 Å². The third-order valence-corrected chi connectivity index (χ3v) is 3.61. The molecule has 2 rings (SSSR count). The fourth-order valence-corrected chi connectivity index (χ4v) is 2.45. The molecule has 0 saturated carbocycles. The first kappa shape index (κ1) is 13.8. The predicted octanol–water partition coefficient (Wildman–Crippen LogP) is 2.63. The first-order valence-corrected chi connectivity index (χ1v) is 6.91. The average Bonchev–Trinajstić information content (AvgIpc) is 2.45. The average molecular weight is 259 g/mol. The zero-order valence-electron chi connectivity index (χ0n) is 11.1. The van der Waals surface area contributed by atoms with E-state index in [1.165, 1.54) is 0 Å². The van der Waals surface area contributed by atoms with Crippen LogP contribution in [-0.2, 0) is 11.2 Å². The van der Waals surface area contributed by atoms with Gasteiger partial charge in [-0.25, -0.2) is 0 Å². The van der Waals surface area contributed by atoms with Crippen LogP contribution < -0.4 is 5.32 Å². The third kappa shape index (κ3) is 4.52. The maximum absolute atomic E-state index is 11.3. The molecule has 0 amide bonds. The molecule has 1 unspecified atom stereocenters. The Hall–Kier alpha value is -1.61. The zero-order valence-corrected chi connectivity index (χ0v) is 11.1. The van der Waals surface area contributed by atoms with Gasteiger partial charge in [0.25, 0.3) is 0 Å². The van der Waals surface area contributed by atoms with Gasteiger partial charge in [0.15, 0.2) is 0 Å². The van der Waals surface area contributed by atoms with Crippen molar-refractivity contribution >= 4 is 5.97 Å². The van der Waals surface area contributed by atoms with Gasteiger partial charge in [0.2, 0.25) is 0 Å².